The van der Waals surface area contributed by atoms with E-state index < -0.39 is 0 Å². The van der Waals surface area contributed by atoms with Gasteiger partial charge in [-0.25, -0.2) is 9.98 Å². The number of hydrogen-bond donors (Lipinski definition) is 0. The summed E-state index contributed by atoms with van der Waals surface area (Å²) in [6.45, 7) is 2.11. The van der Waals surface area contributed by atoms with Gasteiger partial charge in [0, 0.05) is 25.2 Å². The molecule has 4 rings (SSSR count). The SMILES string of the molecule is CCc1cccc(C2=C3N=C(N(C)C)N=C3c3ccccc3C2=O)c1. The summed E-state index contributed by atoms with van der Waals surface area (Å²) in [5.74, 6) is 0.639. The van der Waals surface area contributed by atoms with Gasteiger partial charge in [-0.1, -0.05) is 55.5 Å². The second-order valence-electron chi connectivity index (χ2n) is 6.42. The zero-order valence-electron chi connectivity index (χ0n) is 14.6. The summed E-state index contributed by atoms with van der Waals surface area (Å²) in [6.07, 6.45) is 0.925. The molecule has 1 aliphatic carbocycles. The number of hydrogen-bond acceptors (Lipinski definition) is 4. The van der Waals surface area contributed by atoms with Crippen LogP contribution in [0.2, 0.25) is 0 Å². The fourth-order valence-electron chi connectivity index (χ4n) is 3.24. The van der Waals surface area contributed by atoms with E-state index in [2.05, 4.69) is 29.0 Å². The molecule has 4 nitrogen and oxygen atoms in total. The quantitative estimate of drug-likeness (QED) is 0.845. The molecule has 0 atom stereocenters. The van der Waals surface area contributed by atoms with Crippen LogP contribution >= 0.6 is 0 Å². The lowest BCUT2D eigenvalue weighted by Crippen LogP contribution is -2.20. The minimum atomic E-state index is 0.0153. The van der Waals surface area contributed by atoms with Crippen molar-refractivity contribution in [1.82, 2.24) is 4.90 Å². The van der Waals surface area contributed by atoms with Gasteiger partial charge >= 0.3 is 0 Å². The average molecular weight is 329 g/mol. The Bertz CT molecular complexity index is 980. The summed E-state index contributed by atoms with van der Waals surface area (Å²) in [4.78, 5) is 24.5. The van der Waals surface area contributed by atoms with Crippen LogP contribution < -0.4 is 0 Å². The van der Waals surface area contributed by atoms with E-state index in [1.807, 2.05) is 55.4 Å². The Morgan fingerprint density at radius 1 is 0.960 bits per heavy atom. The molecule has 4 heteroatoms. The molecule has 1 heterocycles. The molecule has 0 fully saturated rings. The second-order valence-corrected chi connectivity index (χ2v) is 6.42. The summed E-state index contributed by atoms with van der Waals surface area (Å²) in [6, 6.07) is 15.8. The fraction of sp³-hybridized carbons (Fsp3) is 0.190. The van der Waals surface area contributed by atoms with Crippen LogP contribution in [0.3, 0.4) is 0 Å². The van der Waals surface area contributed by atoms with Crippen molar-refractivity contribution >= 4 is 23.0 Å². The molecule has 1 aliphatic heterocycles. The molecule has 0 amide bonds. The molecule has 0 unspecified atom stereocenters. The topological polar surface area (TPSA) is 45.0 Å². The predicted octanol–water partition coefficient (Wildman–Crippen LogP) is 3.58. The zero-order valence-corrected chi connectivity index (χ0v) is 14.6. The summed E-state index contributed by atoms with van der Waals surface area (Å²) in [5, 5.41) is 0. The third kappa shape index (κ3) is 2.41. The number of guanidine groups is 1. The van der Waals surface area contributed by atoms with Crippen LogP contribution in [-0.4, -0.2) is 36.4 Å². The lowest BCUT2D eigenvalue weighted by atomic mass is 9.83. The van der Waals surface area contributed by atoms with E-state index >= 15 is 0 Å². The van der Waals surface area contributed by atoms with Gasteiger partial charge in [0.15, 0.2) is 5.78 Å². The number of aryl methyl sites for hydroxylation is 1. The Morgan fingerprint density at radius 3 is 2.44 bits per heavy atom. The summed E-state index contributed by atoms with van der Waals surface area (Å²) < 4.78 is 0. The van der Waals surface area contributed by atoms with E-state index in [-0.39, 0.29) is 5.78 Å². The van der Waals surface area contributed by atoms with Gasteiger partial charge in [-0.05, 0) is 17.5 Å². The average Bonchev–Trinajstić information content (AvgIpc) is 3.08. The molecular weight excluding hydrogens is 310 g/mol. The second kappa shape index (κ2) is 5.81. The van der Waals surface area contributed by atoms with Crippen LogP contribution in [0.15, 0.2) is 64.2 Å². The standard InChI is InChI=1S/C21H19N3O/c1-4-13-8-7-9-14(12-13)17-19-18(22-21(23-19)24(2)3)15-10-5-6-11-16(15)20(17)25/h5-12H,4H2,1-3H3. The smallest absolute Gasteiger partial charge is 0.226 e. The highest BCUT2D eigenvalue weighted by Crippen LogP contribution is 2.36. The van der Waals surface area contributed by atoms with Crippen molar-refractivity contribution in [1.29, 1.82) is 0 Å². The first kappa shape index (κ1) is 15.5. The molecule has 2 aliphatic rings. The van der Waals surface area contributed by atoms with Gasteiger partial charge in [-0.15, -0.1) is 0 Å². The third-order valence-electron chi connectivity index (χ3n) is 4.56. The molecule has 124 valence electrons. The molecule has 0 aromatic heterocycles. The van der Waals surface area contributed by atoms with Crippen molar-refractivity contribution in [3.05, 3.63) is 76.5 Å². The molecule has 0 saturated carbocycles. The molecular formula is C21H19N3O. The Morgan fingerprint density at radius 2 is 1.72 bits per heavy atom. The van der Waals surface area contributed by atoms with Crippen molar-refractivity contribution in [2.24, 2.45) is 9.98 Å². The van der Waals surface area contributed by atoms with Gasteiger partial charge in [0.1, 0.15) is 11.4 Å². The van der Waals surface area contributed by atoms with Gasteiger partial charge < -0.3 is 4.90 Å². The third-order valence-corrected chi connectivity index (χ3v) is 4.56. The van der Waals surface area contributed by atoms with E-state index in [0.29, 0.717) is 22.8 Å². The molecule has 0 spiro atoms. The van der Waals surface area contributed by atoms with E-state index in [4.69, 9.17) is 0 Å². The molecule has 0 bridgehead atoms. The highest BCUT2D eigenvalue weighted by Gasteiger charge is 2.34. The van der Waals surface area contributed by atoms with Crippen LogP contribution in [0, 0.1) is 0 Å². The number of ketones is 1. The van der Waals surface area contributed by atoms with Crippen LogP contribution in [0.25, 0.3) is 5.57 Å². The van der Waals surface area contributed by atoms with Crippen molar-refractivity contribution in [2.45, 2.75) is 13.3 Å². The highest BCUT2D eigenvalue weighted by molar-refractivity contribution is 6.43. The molecule has 0 saturated heterocycles. The maximum Gasteiger partial charge on any atom is 0.226 e. The number of benzene rings is 2. The molecule has 25 heavy (non-hydrogen) atoms. The number of carbonyl (C=O) groups excluding carboxylic acids is 1. The van der Waals surface area contributed by atoms with Gasteiger partial charge in [0.05, 0.1) is 5.57 Å². The summed E-state index contributed by atoms with van der Waals surface area (Å²) in [5.41, 5.74) is 5.77. The number of rotatable bonds is 2. The lowest BCUT2D eigenvalue weighted by molar-refractivity contribution is 0.105. The van der Waals surface area contributed by atoms with E-state index in [1.54, 1.807) is 0 Å². The van der Waals surface area contributed by atoms with Crippen molar-refractivity contribution < 1.29 is 4.79 Å². The number of carbonyl (C=O) groups is 1. The van der Waals surface area contributed by atoms with Crippen LogP contribution in [0.4, 0.5) is 0 Å². The first-order valence-electron chi connectivity index (χ1n) is 8.43. The van der Waals surface area contributed by atoms with Crippen LogP contribution in [0.1, 0.15) is 34.0 Å². The fourth-order valence-corrected chi connectivity index (χ4v) is 3.24. The highest BCUT2D eigenvalue weighted by atomic mass is 16.1. The van der Waals surface area contributed by atoms with E-state index in [0.717, 1.165) is 23.3 Å². The molecule has 2 aromatic rings. The van der Waals surface area contributed by atoms with Crippen LogP contribution in [0.5, 0.6) is 0 Å². The van der Waals surface area contributed by atoms with E-state index in [9.17, 15) is 4.79 Å². The van der Waals surface area contributed by atoms with Gasteiger partial charge in [0.25, 0.3) is 0 Å². The molecule has 0 N–H and O–H groups in total. The first-order chi connectivity index (χ1) is 12.1. The van der Waals surface area contributed by atoms with Crippen molar-refractivity contribution in [2.75, 3.05) is 14.1 Å². The Hall–Kier alpha value is -3.01. The van der Waals surface area contributed by atoms with Crippen molar-refractivity contribution in [3.63, 3.8) is 0 Å². The number of nitrogens with zero attached hydrogens (tertiary/aromatic N) is 3. The molecule has 2 aromatic carbocycles. The van der Waals surface area contributed by atoms with Gasteiger partial charge in [-0.2, -0.15) is 0 Å². The minimum Gasteiger partial charge on any atom is -0.347 e. The number of allylic oxidation sites excluding steroid dienone is 2. The van der Waals surface area contributed by atoms with Crippen LogP contribution in [-0.2, 0) is 6.42 Å². The predicted molar refractivity (Wildman–Crippen MR) is 101 cm³/mol. The molecule has 0 radical (unpaired) electrons. The normalized spacial score (nSPS) is 15.6. The number of aliphatic imine (C=N–C) groups is 2. The maximum atomic E-state index is 13.2. The monoisotopic (exact) mass is 329 g/mol. The first-order valence-corrected chi connectivity index (χ1v) is 8.43. The number of Topliss-reactive ketones (excluding diaryl/α,β-unsaturated/α-hetero) is 1. The summed E-state index contributed by atoms with van der Waals surface area (Å²) in [7, 11) is 3.82. The Balaban J connectivity index is 2.00. The van der Waals surface area contributed by atoms with E-state index in [1.165, 1.54) is 5.56 Å². The lowest BCUT2D eigenvalue weighted by Gasteiger charge is -2.19. The minimum absolute atomic E-state index is 0.0153. The number of fused-ring (bicyclic) bond motifs is 3. The van der Waals surface area contributed by atoms with Crippen molar-refractivity contribution in [3.8, 4) is 0 Å². The Labute approximate surface area is 147 Å². The summed E-state index contributed by atoms with van der Waals surface area (Å²) >= 11 is 0. The maximum absolute atomic E-state index is 13.2. The van der Waals surface area contributed by atoms with Gasteiger partial charge in [0.2, 0.25) is 5.96 Å². The Kier molecular flexibility index (Phi) is 3.61. The van der Waals surface area contributed by atoms with Gasteiger partial charge in [-0.3, -0.25) is 4.79 Å². The zero-order chi connectivity index (χ0) is 17.6. The largest absolute Gasteiger partial charge is 0.347 e.